The van der Waals surface area contributed by atoms with E-state index in [-0.39, 0.29) is 42.6 Å². The third-order valence-electron chi connectivity index (χ3n) is 11.9. The van der Waals surface area contributed by atoms with Crippen molar-refractivity contribution < 1.29 is 27.8 Å². The highest BCUT2D eigenvalue weighted by Crippen LogP contribution is 2.42. The summed E-state index contributed by atoms with van der Waals surface area (Å²) in [4.78, 5) is 27.4. The number of rotatable bonds is 15. The topological polar surface area (TPSA) is 146 Å². The fourth-order valence-corrected chi connectivity index (χ4v) is 9.38. The van der Waals surface area contributed by atoms with E-state index in [0.29, 0.717) is 0 Å². The number of sulfonamides is 1. The Morgan fingerprint density at radius 1 is 0.762 bits per heavy atom. The molecular weight excluding hydrogens is 813 g/mol. The number of ether oxygens (including phenoxy) is 2. The van der Waals surface area contributed by atoms with Gasteiger partial charge in [-0.25, -0.2) is 18.4 Å². The Hall–Kier alpha value is -5.80. The molecule has 5 aromatic carbocycles. The summed E-state index contributed by atoms with van der Waals surface area (Å²) in [6, 6.07) is 40.8. The number of aromatic nitrogens is 2. The van der Waals surface area contributed by atoms with E-state index in [9.17, 15) is 18.3 Å². The minimum absolute atomic E-state index is 0.0201. The molecule has 63 heavy (non-hydrogen) atoms. The number of amides is 1. The van der Waals surface area contributed by atoms with Crippen molar-refractivity contribution in [2.24, 2.45) is 5.92 Å². The maximum Gasteiger partial charge on any atom is 0.241 e. The third-order valence-corrected chi connectivity index (χ3v) is 13.4. The second kappa shape index (κ2) is 20.1. The molecule has 6 aromatic rings. The standard InChI is InChI=1S/C50H54N6O6S/c1-35-12-22-44(23-13-35)63(59,60)54-45(31-37-8-4-3-5-9-37)48(58)53-32-39-10-6-11-43(30-39)40-18-20-42(21-19-40)49-61-46(36(2)47(62-49)41-16-14-38(34-57)15-17-41)33-55-26-28-56(29-27-55)50-51-24-7-25-52-50/h3-25,30,36,45-47,49,54,57H,26-29,31-34H2,1-2H3,(H,53,58). The summed E-state index contributed by atoms with van der Waals surface area (Å²) >= 11 is 0. The van der Waals surface area contributed by atoms with Crippen molar-refractivity contribution in [3.05, 3.63) is 179 Å². The highest BCUT2D eigenvalue weighted by molar-refractivity contribution is 7.89. The predicted molar refractivity (Wildman–Crippen MR) is 243 cm³/mol. The zero-order valence-electron chi connectivity index (χ0n) is 35.6. The summed E-state index contributed by atoms with van der Waals surface area (Å²) in [5.74, 6) is 0.392. The van der Waals surface area contributed by atoms with Crippen molar-refractivity contribution in [3.63, 3.8) is 0 Å². The highest BCUT2D eigenvalue weighted by Gasteiger charge is 2.39. The Morgan fingerprint density at radius 3 is 2.14 bits per heavy atom. The zero-order chi connectivity index (χ0) is 43.8. The summed E-state index contributed by atoms with van der Waals surface area (Å²) < 4.78 is 43.0. The van der Waals surface area contributed by atoms with Gasteiger partial charge in [-0.2, -0.15) is 4.72 Å². The SMILES string of the molecule is Cc1ccc(S(=O)(=O)NC(Cc2ccccc2)C(=O)NCc2cccc(-c3ccc(C4OC(CN5CCN(c6ncccn6)CC5)C(C)C(c5ccc(CO)cc5)O4)cc3)c2)cc1. The van der Waals surface area contributed by atoms with Gasteiger partial charge in [-0.15, -0.1) is 0 Å². The van der Waals surface area contributed by atoms with Gasteiger partial charge >= 0.3 is 0 Å². The first kappa shape index (κ1) is 43.8. The molecule has 0 spiro atoms. The number of carbonyl (C=O) groups is 1. The van der Waals surface area contributed by atoms with Gasteiger partial charge in [0.15, 0.2) is 6.29 Å². The van der Waals surface area contributed by atoms with Crippen LogP contribution in [0.25, 0.3) is 11.1 Å². The number of nitrogens with one attached hydrogen (secondary N) is 2. The van der Waals surface area contributed by atoms with E-state index in [1.165, 1.54) is 0 Å². The normalized spacial score (nSPS) is 20.0. The summed E-state index contributed by atoms with van der Waals surface area (Å²) in [6.07, 6.45) is 2.81. The lowest BCUT2D eigenvalue weighted by molar-refractivity contribution is -0.276. The van der Waals surface area contributed by atoms with Crippen LogP contribution in [0.4, 0.5) is 5.95 Å². The number of aliphatic hydroxyl groups is 1. The number of hydrogen-bond acceptors (Lipinski definition) is 10. The Bertz CT molecular complexity index is 2520. The average Bonchev–Trinajstić information content (AvgIpc) is 3.32. The molecule has 2 fully saturated rings. The monoisotopic (exact) mass is 866 g/mol. The molecule has 0 bridgehead atoms. The molecule has 1 aromatic heterocycles. The first-order chi connectivity index (χ1) is 30.6. The highest BCUT2D eigenvalue weighted by atomic mass is 32.2. The second-order valence-electron chi connectivity index (χ2n) is 16.4. The van der Waals surface area contributed by atoms with Gasteiger partial charge in [0.1, 0.15) is 6.04 Å². The molecule has 0 radical (unpaired) electrons. The third kappa shape index (κ3) is 11.1. The molecule has 2 aliphatic rings. The van der Waals surface area contributed by atoms with E-state index in [1.807, 2.05) is 104 Å². The van der Waals surface area contributed by atoms with Crippen LogP contribution in [0.1, 0.15) is 52.7 Å². The Morgan fingerprint density at radius 2 is 1.44 bits per heavy atom. The van der Waals surface area contributed by atoms with Crippen molar-refractivity contribution in [3.8, 4) is 11.1 Å². The molecule has 326 valence electrons. The van der Waals surface area contributed by atoms with Crippen LogP contribution < -0.4 is 14.9 Å². The smallest absolute Gasteiger partial charge is 0.241 e. The van der Waals surface area contributed by atoms with Crippen molar-refractivity contribution in [2.45, 2.75) is 62.9 Å². The second-order valence-corrected chi connectivity index (χ2v) is 18.1. The molecule has 0 saturated carbocycles. The van der Waals surface area contributed by atoms with Gasteiger partial charge in [0, 0.05) is 63.1 Å². The largest absolute Gasteiger partial charge is 0.392 e. The van der Waals surface area contributed by atoms with E-state index < -0.39 is 28.3 Å². The van der Waals surface area contributed by atoms with E-state index in [1.54, 1.807) is 36.7 Å². The Kier molecular flexibility index (Phi) is 14.0. The molecule has 5 atom stereocenters. The predicted octanol–water partition coefficient (Wildman–Crippen LogP) is 6.76. The molecular formula is C50H54N6O6S. The number of aliphatic hydroxyl groups excluding tert-OH is 1. The molecule has 3 heterocycles. The minimum atomic E-state index is -3.97. The molecule has 13 heteroatoms. The van der Waals surface area contributed by atoms with Gasteiger partial charge in [0.2, 0.25) is 21.9 Å². The van der Waals surface area contributed by atoms with Crippen LogP contribution >= 0.6 is 0 Å². The molecule has 3 N–H and O–H groups in total. The number of nitrogens with zero attached hydrogens (tertiary/aromatic N) is 4. The fraction of sp³-hybridized carbons (Fsp3) is 0.300. The summed E-state index contributed by atoms with van der Waals surface area (Å²) in [5.41, 5.74) is 7.39. The molecule has 8 rings (SSSR count). The molecule has 5 unspecified atom stereocenters. The number of carbonyl (C=O) groups excluding carboxylic acids is 1. The van der Waals surface area contributed by atoms with E-state index in [2.05, 4.69) is 48.9 Å². The van der Waals surface area contributed by atoms with Gasteiger partial charge in [0.05, 0.1) is 23.7 Å². The van der Waals surface area contributed by atoms with Gasteiger partial charge in [-0.05, 0) is 71.0 Å². The zero-order valence-corrected chi connectivity index (χ0v) is 36.4. The minimum Gasteiger partial charge on any atom is -0.392 e. The quantitative estimate of drug-likeness (QED) is 0.101. The van der Waals surface area contributed by atoms with Crippen LogP contribution in [0.2, 0.25) is 0 Å². The van der Waals surface area contributed by atoms with Crippen LogP contribution in [0.15, 0.2) is 151 Å². The first-order valence-corrected chi connectivity index (χ1v) is 22.9. The van der Waals surface area contributed by atoms with Crippen LogP contribution in [-0.4, -0.2) is 79.2 Å². The van der Waals surface area contributed by atoms with E-state index in [4.69, 9.17) is 9.47 Å². The number of aryl methyl sites for hydroxylation is 1. The van der Waals surface area contributed by atoms with Crippen molar-refractivity contribution in [2.75, 3.05) is 37.6 Å². The summed E-state index contributed by atoms with van der Waals surface area (Å²) in [6.45, 7) is 8.41. The Balaban J connectivity index is 0.946. The molecule has 0 aliphatic carbocycles. The summed E-state index contributed by atoms with van der Waals surface area (Å²) in [7, 11) is -3.97. The first-order valence-electron chi connectivity index (χ1n) is 21.5. The van der Waals surface area contributed by atoms with Crippen LogP contribution in [0, 0.1) is 12.8 Å². The summed E-state index contributed by atoms with van der Waals surface area (Å²) in [5, 5.41) is 12.7. The molecule has 12 nitrogen and oxygen atoms in total. The van der Waals surface area contributed by atoms with Crippen LogP contribution in [0.5, 0.6) is 0 Å². The lowest BCUT2D eigenvalue weighted by Crippen LogP contribution is -2.51. The molecule has 2 aliphatic heterocycles. The van der Waals surface area contributed by atoms with E-state index >= 15 is 0 Å². The fourth-order valence-electron chi connectivity index (χ4n) is 8.18. The van der Waals surface area contributed by atoms with Crippen molar-refractivity contribution >= 4 is 21.9 Å². The molecule has 1 amide bonds. The maximum absolute atomic E-state index is 13.7. The lowest BCUT2D eigenvalue weighted by Gasteiger charge is -2.44. The number of piperazine rings is 1. The van der Waals surface area contributed by atoms with Gasteiger partial charge < -0.3 is 24.8 Å². The number of hydrogen-bond donors (Lipinski definition) is 3. The number of benzene rings is 5. The molecule has 2 saturated heterocycles. The van der Waals surface area contributed by atoms with Crippen molar-refractivity contribution in [1.29, 1.82) is 0 Å². The maximum atomic E-state index is 13.7. The van der Waals surface area contributed by atoms with Crippen molar-refractivity contribution in [1.82, 2.24) is 24.9 Å². The van der Waals surface area contributed by atoms with Gasteiger partial charge in [-0.1, -0.05) is 122 Å². The van der Waals surface area contributed by atoms with Gasteiger partial charge in [-0.3, -0.25) is 9.69 Å². The van der Waals surface area contributed by atoms with Crippen LogP contribution in [0.3, 0.4) is 0 Å². The Labute approximate surface area is 370 Å². The van der Waals surface area contributed by atoms with Gasteiger partial charge in [0.25, 0.3) is 0 Å². The van der Waals surface area contributed by atoms with E-state index in [0.717, 1.165) is 83.2 Å². The lowest BCUT2D eigenvalue weighted by atomic mass is 9.89. The number of anilines is 1. The average molecular weight is 867 g/mol. The van der Waals surface area contributed by atoms with Crippen LogP contribution in [-0.2, 0) is 43.9 Å².